The largest absolute Gasteiger partial charge is 0.480 e. The van der Waals surface area contributed by atoms with Gasteiger partial charge in [-0.3, -0.25) is 10.1 Å². The summed E-state index contributed by atoms with van der Waals surface area (Å²) in [5.41, 5.74) is 5.21. The van der Waals surface area contributed by atoms with Crippen LogP contribution in [0, 0.1) is 0 Å². The third-order valence-corrected chi connectivity index (χ3v) is 6.99. The summed E-state index contributed by atoms with van der Waals surface area (Å²) in [5.74, 6) is -1.45. The second-order valence-electron chi connectivity index (χ2n) is 8.67. The maximum atomic E-state index is 13.0. The number of carbonyl (C=O) groups is 3. The van der Waals surface area contributed by atoms with E-state index in [2.05, 4.69) is 45.5 Å². The fourth-order valence-corrected chi connectivity index (χ4v) is 5.46. The molecular weight excluding hydrogens is 512 g/mol. The number of halogens is 1. The number of nitrogens with zero attached hydrogens (tertiary/aromatic N) is 1. The van der Waals surface area contributed by atoms with Crippen molar-refractivity contribution < 1.29 is 24.2 Å². The maximum absolute atomic E-state index is 13.0. The van der Waals surface area contributed by atoms with Gasteiger partial charge in [0.15, 0.2) is 0 Å². The molecule has 2 N–H and O–H groups in total. The Bertz CT molecular complexity index is 1280. The number of carboxylic acids is 1. The van der Waals surface area contributed by atoms with Gasteiger partial charge < -0.3 is 14.7 Å². The van der Waals surface area contributed by atoms with E-state index in [0.29, 0.717) is 35.1 Å². The van der Waals surface area contributed by atoms with Crippen LogP contribution in [0.25, 0.3) is 11.1 Å². The smallest absolute Gasteiger partial charge is 0.411 e. The van der Waals surface area contributed by atoms with E-state index < -0.39 is 18.1 Å². The zero-order chi connectivity index (χ0) is 24.5. The van der Waals surface area contributed by atoms with Gasteiger partial charge in [-0.1, -0.05) is 64.5 Å². The molecule has 2 amide bonds. The Kier molecular flexibility index (Phi) is 6.30. The van der Waals surface area contributed by atoms with Gasteiger partial charge in [0.1, 0.15) is 12.6 Å². The highest BCUT2D eigenvalue weighted by Gasteiger charge is 2.34. The highest BCUT2D eigenvalue weighted by atomic mass is 79.9. The van der Waals surface area contributed by atoms with E-state index in [4.69, 9.17) is 4.74 Å². The summed E-state index contributed by atoms with van der Waals surface area (Å²) in [4.78, 5) is 38.5. The zero-order valence-electron chi connectivity index (χ0n) is 18.7. The van der Waals surface area contributed by atoms with Gasteiger partial charge >= 0.3 is 12.1 Å². The molecule has 1 heterocycles. The number of hydrogen-bond donors (Lipinski definition) is 2. The minimum atomic E-state index is -1.01. The number of carboxylic acid groups (broad SMARTS) is 1. The number of ether oxygens (including phenoxy) is 1. The highest BCUT2D eigenvalue weighted by molar-refractivity contribution is 9.10. The molecule has 0 radical (unpaired) electrons. The van der Waals surface area contributed by atoms with Crippen molar-refractivity contribution in [2.24, 2.45) is 0 Å². The lowest BCUT2D eigenvalue weighted by Crippen LogP contribution is -2.40. The lowest BCUT2D eigenvalue weighted by Gasteiger charge is -2.22. The van der Waals surface area contributed by atoms with Crippen LogP contribution in [0.5, 0.6) is 0 Å². The lowest BCUT2D eigenvalue weighted by atomic mass is 9.98. The number of amides is 2. The third-order valence-electron chi connectivity index (χ3n) is 6.53. The molecule has 2 aliphatic rings. The van der Waals surface area contributed by atoms with Crippen molar-refractivity contribution in [2.75, 3.05) is 18.5 Å². The molecule has 1 saturated heterocycles. The summed E-state index contributed by atoms with van der Waals surface area (Å²) in [5, 5.41) is 12.1. The standard InChI is InChI=1S/C27H23BrN2O5/c28-17-12-16(25(31)30-11-5-10-24(30)26(32)33)13-18(14-17)29-27(34)35-15-23-21-8-3-1-6-19(21)20-7-2-4-9-22(20)23/h1-4,6-9,12-14,23-24H,5,10-11,15H2,(H,29,34)(H,32,33)/t24-/m1/s1. The number of aliphatic carboxylic acids is 1. The van der Waals surface area contributed by atoms with Crippen LogP contribution in [-0.2, 0) is 9.53 Å². The fraction of sp³-hybridized carbons (Fsp3) is 0.222. The van der Waals surface area contributed by atoms with Crippen molar-refractivity contribution in [3.05, 3.63) is 87.9 Å². The second-order valence-corrected chi connectivity index (χ2v) is 9.59. The van der Waals surface area contributed by atoms with E-state index in [9.17, 15) is 19.5 Å². The highest BCUT2D eigenvalue weighted by Crippen LogP contribution is 2.44. The average molecular weight is 535 g/mol. The number of rotatable bonds is 5. The predicted octanol–water partition coefficient (Wildman–Crippen LogP) is 5.50. The van der Waals surface area contributed by atoms with Crippen molar-refractivity contribution in [1.29, 1.82) is 0 Å². The predicted molar refractivity (Wildman–Crippen MR) is 135 cm³/mol. The summed E-state index contributed by atoms with van der Waals surface area (Å²) in [6.07, 6.45) is 0.439. The molecule has 35 heavy (non-hydrogen) atoms. The molecule has 7 nitrogen and oxygen atoms in total. The van der Waals surface area contributed by atoms with Gasteiger partial charge in [-0.15, -0.1) is 0 Å². The summed E-state index contributed by atoms with van der Waals surface area (Å²) in [6, 6.07) is 20.2. The van der Waals surface area contributed by atoms with E-state index in [1.54, 1.807) is 12.1 Å². The van der Waals surface area contributed by atoms with Crippen LogP contribution >= 0.6 is 15.9 Å². The van der Waals surface area contributed by atoms with Gasteiger partial charge in [0.25, 0.3) is 5.91 Å². The Hall–Kier alpha value is -3.65. The first kappa shape index (κ1) is 23.1. The first-order valence-corrected chi connectivity index (χ1v) is 12.2. The second kappa shape index (κ2) is 9.54. The van der Waals surface area contributed by atoms with Gasteiger partial charge in [0, 0.05) is 28.2 Å². The monoisotopic (exact) mass is 534 g/mol. The van der Waals surface area contributed by atoms with Crippen LogP contribution in [0.3, 0.4) is 0 Å². The topological polar surface area (TPSA) is 95.9 Å². The number of fused-ring (bicyclic) bond motifs is 3. The van der Waals surface area contributed by atoms with E-state index in [-0.39, 0.29) is 18.4 Å². The first-order valence-electron chi connectivity index (χ1n) is 11.4. The number of carbonyl (C=O) groups excluding carboxylic acids is 2. The molecule has 1 aliphatic heterocycles. The molecule has 0 saturated carbocycles. The first-order chi connectivity index (χ1) is 16.9. The SMILES string of the molecule is O=C(Nc1cc(Br)cc(C(=O)N2CCC[C@@H]2C(=O)O)c1)OCC1c2ccccc2-c2ccccc21. The maximum Gasteiger partial charge on any atom is 0.411 e. The van der Waals surface area contributed by atoms with Crippen molar-refractivity contribution in [2.45, 2.75) is 24.8 Å². The zero-order valence-corrected chi connectivity index (χ0v) is 20.3. The van der Waals surface area contributed by atoms with Crippen LogP contribution in [0.15, 0.2) is 71.2 Å². The van der Waals surface area contributed by atoms with Crippen molar-refractivity contribution >= 4 is 39.6 Å². The summed E-state index contributed by atoms with van der Waals surface area (Å²) in [6.45, 7) is 0.561. The van der Waals surface area contributed by atoms with Gasteiger partial charge in [-0.2, -0.15) is 0 Å². The molecule has 3 aromatic rings. The Balaban J connectivity index is 1.28. The molecule has 1 atom stereocenters. The minimum absolute atomic E-state index is 0.0593. The van der Waals surface area contributed by atoms with Crippen LogP contribution < -0.4 is 5.32 Å². The molecule has 0 aromatic heterocycles. The molecule has 0 spiro atoms. The van der Waals surface area contributed by atoms with Crippen LogP contribution in [0.1, 0.15) is 40.2 Å². The molecule has 1 fully saturated rings. The van der Waals surface area contributed by atoms with Crippen LogP contribution in [0.4, 0.5) is 10.5 Å². The van der Waals surface area contributed by atoms with Gasteiger partial charge in [0.2, 0.25) is 0 Å². The van der Waals surface area contributed by atoms with E-state index in [1.165, 1.54) is 11.0 Å². The Labute approximate surface area is 210 Å². The average Bonchev–Trinajstić information content (AvgIpc) is 3.45. The molecule has 0 bridgehead atoms. The molecule has 0 unspecified atom stereocenters. The summed E-state index contributed by atoms with van der Waals surface area (Å²) < 4.78 is 6.18. The molecular formula is C27H23BrN2O5. The van der Waals surface area contributed by atoms with Gasteiger partial charge in [0.05, 0.1) is 0 Å². The third kappa shape index (κ3) is 4.53. The number of likely N-dealkylation sites (tertiary alicyclic amines) is 1. The normalized spacial score (nSPS) is 16.5. The van der Waals surface area contributed by atoms with E-state index in [1.807, 2.05) is 24.3 Å². The van der Waals surface area contributed by atoms with Crippen LogP contribution in [-0.4, -0.2) is 47.2 Å². The molecule has 3 aromatic carbocycles. The minimum Gasteiger partial charge on any atom is -0.480 e. The van der Waals surface area contributed by atoms with E-state index >= 15 is 0 Å². The summed E-state index contributed by atoms with van der Waals surface area (Å²) in [7, 11) is 0. The molecule has 5 rings (SSSR count). The Morgan fingerprint density at radius 1 is 1.00 bits per heavy atom. The number of benzene rings is 3. The van der Waals surface area contributed by atoms with Crippen molar-refractivity contribution in [3.8, 4) is 11.1 Å². The van der Waals surface area contributed by atoms with Crippen molar-refractivity contribution in [1.82, 2.24) is 4.90 Å². The number of nitrogens with one attached hydrogen (secondary N) is 1. The molecule has 178 valence electrons. The fourth-order valence-electron chi connectivity index (χ4n) is 4.97. The number of anilines is 1. The van der Waals surface area contributed by atoms with Gasteiger partial charge in [-0.25, -0.2) is 9.59 Å². The van der Waals surface area contributed by atoms with Gasteiger partial charge in [-0.05, 0) is 53.3 Å². The molecule has 1 aliphatic carbocycles. The quantitative estimate of drug-likeness (QED) is 0.450. The summed E-state index contributed by atoms with van der Waals surface area (Å²) >= 11 is 3.37. The Morgan fingerprint density at radius 3 is 2.31 bits per heavy atom. The van der Waals surface area contributed by atoms with Crippen LogP contribution in [0.2, 0.25) is 0 Å². The molecule has 8 heteroatoms. The Morgan fingerprint density at radius 2 is 1.66 bits per heavy atom. The van der Waals surface area contributed by atoms with E-state index in [0.717, 1.165) is 22.3 Å². The van der Waals surface area contributed by atoms with Crippen molar-refractivity contribution in [3.63, 3.8) is 0 Å². The lowest BCUT2D eigenvalue weighted by molar-refractivity contribution is -0.141. The number of hydrogen-bond acceptors (Lipinski definition) is 4.